The molecule has 16 heteroatoms. The molecule has 1 amide bonds. The van der Waals surface area contributed by atoms with Crippen LogP contribution in [0.15, 0.2) is 36.5 Å². The Hall–Kier alpha value is -3.39. The molecule has 2 atom stereocenters. The number of nitrogens with zero attached hydrogens (tertiary/aromatic N) is 6. The smallest absolute Gasteiger partial charge is 0.441 e. The van der Waals surface area contributed by atoms with Crippen LogP contribution < -0.4 is 4.90 Å². The SMILES string of the molecule is O=C1O[C@@H](C(OP(=O)(O)O)C(F)F)CN1c1ccc(-c2ccc(-c3nnn(C4CC4)n3)nc2)c(F)c1. The number of aromatic nitrogens is 5. The molecule has 3 aromatic rings. The van der Waals surface area contributed by atoms with Crippen LogP contribution in [-0.4, -0.2) is 66.2 Å². The first-order valence-electron chi connectivity index (χ1n) is 10.6. The zero-order valence-electron chi connectivity index (χ0n) is 18.2. The highest BCUT2D eigenvalue weighted by molar-refractivity contribution is 7.46. The van der Waals surface area contributed by atoms with Crippen molar-refractivity contribution in [2.24, 2.45) is 0 Å². The van der Waals surface area contributed by atoms with Crippen molar-refractivity contribution < 1.29 is 41.6 Å². The highest BCUT2D eigenvalue weighted by Crippen LogP contribution is 2.41. The van der Waals surface area contributed by atoms with Gasteiger partial charge in [-0.25, -0.2) is 22.5 Å². The minimum Gasteiger partial charge on any atom is -0.441 e. The number of carbonyl (C=O) groups is 1. The summed E-state index contributed by atoms with van der Waals surface area (Å²) in [5, 5.41) is 12.3. The Morgan fingerprint density at radius 1 is 1.19 bits per heavy atom. The molecule has 1 aliphatic carbocycles. The van der Waals surface area contributed by atoms with Gasteiger partial charge in [0, 0.05) is 17.3 Å². The van der Waals surface area contributed by atoms with E-state index >= 15 is 0 Å². The highest BCUT2D eigenvalue weighted by Gasteiger charge is 2.45. The highest BCUT2D eigenvalue weighted by atomic mass is 31.2. The van der Waals surface area contributed by atoms with Crippen molar-refractivity contribution in [1.29, 1.82) is 0 Å². The molecule has 2 N–H and O–H groups in total. The van der Waals surface area contributed by atoms with Crippen LogP contribution in [0, 0.1) is 5.82 Å². The fraction of sp³-hybridized carbons (Fsp3) is 0.350. The minimum absolute atomic E-state index is 0.00147. The lowest BCUT2D eigenvalue weighted by Gasteiger charge is -2.21. The van der Waals surface area contributed by atoms with Crippen LogP contribution in [0.4, 0.5) is 23.7 Å². The van der Waals surface area contributed by atoms with E-state index in [0.717, 1.165) is 23.8 Å². The number of hydrogen-bond donors (Lipinski definition) is 2. The van der Waals surface area contributed by atoms with Gasteiger partial charge in [0.2, 0.25) is 5.82 Å². The van der Waals surface area contributed by atoms with Crippen molar-refractivity contribution in [2.45, 2.75) is 37.5 Å². The number of ether oxygens (including phenoxy) is 1. The number of phosphoric acid groups is 1. The molecule has 0 spiro atoms. The van der Waals surface area contributed by atoms with Gasteiger partial charge in [-0.1, -0.05) is 6.07 Å². The van der Waals surface area contributed by atoms with Crippen molar-refractivity contribution in [3.8, 4) is 22.6 Å². The van der Waals surface area contributed by atoms with Crippen LogP contribution >= 0.6 is 7.82 Å². The molecule has 2 aliphatic rings. The Kier molecular flexibility index (Phi) is 6.24. The van der Waals surface area contributed by atoms with E-state index in [1.807, 2.05) is 0 Å². The summed E-state index contributed by atoms with van der Waals surface area (Å²) in [6, 6.07) is 7.26. The first-order chi connectivity index (χ1) is 17.1. The van der Waals surface area contributed by atoms with Gasteiger partial charge in [0.1, 0.15) is 11.5 Å². The van der Waals surface area contributed by atoms with Gasteiger partial charge in [-0.15, -0.1) is 10.2 Å². The maximum Gasteiger partial charge on any atom is 0.470 e. The number of cyclic esters (lactones) is 1. The van der Waals surface area contributed by atoms with Crippen molar-refractivity contribution >= 4 is 19.6 Å². The van der Waals surface area contributed by atoms with Gasteiger partial charge in [0.25, 0.3) is 6.43 Å². The molecule has 190 valence electrons. The third kappa shape index (κ3) is 5.09. The van der Waals surface area contributed by atoms with E-state index in [-0.39, 0.29) is 17.3 Å². The molecule has 5 rings (SSSR count). The van der Waals surface area contributed by atoms with Gasteiger partial charge in [-0.05, 0) is 42.3 Å². The average molecular weight is 526 g/mol. The van der Waals surface area contributed by atoms with E-state index in [2.05, 4.69) is 24.9 Å². The molecule has 2 aromatic heterocycles. The third-order valence-corrected chi connectivity index (χ3v) is 6.10. The Labute approximate surface area is 200 Å². The van der Waals surface area contributed by atoms with Gasteiger partial charge in [-0.2, -0.15) is 4.80 Å². The number of amides is 1. The average Bonchev–Trinajstić information content (AvgIpc) is 3.42. The number of tetrazole rings is 1. The molecule has 1 saturated heterocycles. The summed E-state index contributed by atoms with van der Waals surface area (Å²) >= 11 is 0. The maximum atomic E-state index is 15.0. The quantitative estimate of drug-likeness (QED) is 0.419. The fourth-order valence-electron chi connectivity index (χ4n) is 3.68. The van der Waals surface area contributed by atoms with Crippen molar-refractivity contribution in [2.75, 3.05) is 11.4 Å². The summed E-state index contributed by atoms with van der Waals surface area (Å²) in [7, 11) is -5.28. The van der Waals surface area contributed by atoms with E-state index in [0.29, 0.717) is 17.1 Å². The number of anilines is 1. The fourth-order valence-corrected chi connectivity index (χ4v) is 4.23. The van der Waals surface area contributed by atoms with Crippen LogP contribution in [0.3, 0.4) is 0 Å². The van der Waals surface area contributed by atoms with Crippen LogP contribution in [0.5, 0.6) is 0 Å². The number of pyridine rings is 1. The molecule has 0 bridgehead atoms. The molecule has 12 nitrogen and oxygen atoms in total. The number of halogens is 3. The normalized spacial score (nSPS) is 19.1. The molecular formula is C20H18F3N6O6P. The Bertz CT molecular complexity index is 1330. The number of rotatable bonds is 8. The molecule has 0 radical (unpaired) electrons. The van der Waals surface area contributed by atoms with Crippen molar-refractivity contribution in [1.82, 2.24) is 25.2 Å². The van der Waals surface area contributed by atoms with Crippen LogP contribution in [0.25, 0.3) is 22.6 Å². The predicted octanol–water partition coefficient (Wildman–Crippen LogP) is 2.94. The van der Waals surface area contributed by atoms with Gasteiger partial charge in [0.05, 0.1) is 18.3 Å². The van der Waals surface area contributed by atoms with Gasteiger partial charge in [-0.3, -0.25) is 14.4 Å². The first kappa shape index (κ1) is 24.3. The Balaban J connectivity index is 1.32. The van der Waals surface area contributed by atoms with Crippen molar-refractivity contribution in [3.05, 3.63) is 42.3 Å². The molecular weight excluding hydrogens is 508 g/mol. The number of carbonyl (C=O) groups excluding carboxylic acids is 1. The Morgan fingerprint density at radius 2 is 1.97 bits per heavy atom. The van der Waals surface area contributed by atoms with Crippen LogP contribution in [0.2, 0.25) is 0 Å². The standard InChI is InChI=1S/C20H18F3N6O6P/c21-14-7-12(28-9-16(34-20(28)30)17(18(22)23)35-36(31,32)33)4-5-13(14)10-1-6-15(24-8-10)19-25-27-29(26-19)11-2-3-11/h1,4-8,11,16-18H,2-3,9H2,(H2,31,32,33)/t16-,17?/m1/s1. The molecule has 1 unspecified atom stereocenters. The van der Waals surface area contributed by atoms with Gasteiger partial charge in [0.15, 0.2) is 12.2 Å². The minimum atomic E-state index is -5.28. The lowest BCUT2D eigenvalue weighted by atomic mass is 10.1. The van der Waals surface area contributed by atoms with Gasteiger partial charge >= 0.3 is 13.9 Å². The number of phosphoric ester groups is 1. The van der Waals surface area contributed by atoms with E-state index in [9.17, 15) is 22.5 Å². The third-order valence-electron chi connectivity index (χ3n) is 5.58. The molecule has 2 fully saturated rings. The van der Waals surface area contributed by atoms with Gasteiger partial charge < -0.3 is 14.5 Å². The second-order valence-electron chi connectivity index (χ2n) is 8.19. The number of alkyl halides is 2. The molecule has 1 aromatic carbocycles. The van der Waals surface area contributed by atoms with Crippen LogP contribution in [0.1, 0.15) is 18.9 Å². The second kappa shape index (κ2) is 9.24. The lowest BCUT2D eigenvalue weighted by molar-refractivity contribution is -0.0610. The first-order valence-corrected chi connectivity index (χ1v) is 12.2. The largest absolute Gasteiger partial charge is 0.470 e. The van der Waals surface area contributed by atoms with Crippen LogP contribution in [-0.2, 0) is 13.8 Å². The van der Waals surface area contributed by atoms with Crippen molar-refractivity contribution in [3.63, 3.8) is 0 Å². The van der Waals surface area contributed by atoms with E-state index < -0.39 is 44.9 Å². The zero-order valence-corrected chi connectivity index (χ0v) is 19.1. The molecule has 1 saturated carbocycles. The summed E-state index contributed by atoms with van der Waals surface area (Å²) < 4.78 is 61.4. The lowest BCUT2D eigenvalue weighted by Crippen LogP contribution is -2.38. The molecule has 1 aliphatic heterocycles. The van der Waals surface area contributed by atoms with E-state index in [1.165, 1.54) is 18.3 Å². The monoisotopic (exact) mass is 526 g/mol. The predicted molar refractivity (Wildman–Crippen MR) is 115 cm³/mol. The number of hydrogen-bond acceptors (Lipinski definition) is 8. The summed E-state index contributed by atoms with van der Waals surface area (Å²) in [5.74, 6) is -0.385. The topological polar surface area (TPSA) is 153 Å². The summed E-state index contributed by atoms with van der Waals surface area (Å²) in [6.07, 6.45) is -5.06. The number of benzene rings is 1. The van der Waals surface area contributed by atoms with E-state index in [1.54, 1.807) is 16.9 Å². The summed E-state index contributed by atoms with van der Waals surface area (Å²) in [5.41, 5.74) is 1.04. The zero-order chi connectivity index (χ0) is 25.6. The molecule has 36 heavy (non-hydrogen) atoms. The summed E-state index contributed by atoms with van der Waals surface area (Å²) in [4.78, 5) is 36.6. The Morgan fingerprint density at radius 3 is 2.58 bits per heavy atom. The molecule has 3 heterocycles. The maximum absolute atomic E-state index is 15.0. The van der Waals surface area contributed by atoms with E-state index in [4.69, 9.17) is 14.5 Å². The second-order valence-corrected chi connectivity index (χ2v) is 9.38. The summed E-state index contributed by atoms with van der Waals surface area (Å²) in [6.45, 7) is -0.530.